The molecule has 2 aliphatic heterocycles. The van der Waals surface area contributed by atoms with Crippen molar-refractivity contribution < 1.29 is 14.4 Å². The Kier molecular flexibility index (Phi) is 6.16. The van der Waals surface area contributed by atoms with Crippen LogP contribution >= 0.6 is 0 Å². The molecule has 0 saturated carbocycles. The van der Waals surface area contributed by atoms with Gasteiger partial charge in [-0.3, -0.25) is 4.79 Å². The summed E-state index contributed by atoms with van der Waals surface area (Å²) >= 11 is 0. The number of hydrogen-bond donors (Lipinski definition) is 3. The van der Waals surface area contributed by atoms with Crippen molar-refractivity contribution in [2.45, 2.75) is 19.8 Å². The predicted molar refractivity (Wildman–Crippen MR) is 103 cm³/mol. The first kappa shape index (κ1) is 19.0. The van der Waals surface area contributed by atoms with Gasteiger partial charge in [0.2, 0.25) is 0 Å². The molecule has 2 aliphatic rings. The minimum Gasteiger partial charge on any atom is -0.338 e. The maximum atomic E-state index is 12.6. The molecule has 3 N–H and O–H groups in total. The molecule has 2 heterocycles. The standard InChI is InChI=1S/C19H27N5O3/c1-14-3-2-10-24(13-14)17(25)15-4-6-16(7-5-15)22-18(26)20-8-11-23-12-9-21-19(23)27/h4-7,14H,2-3,8-13H2,1H3,(H,21,27)(H2,20,22,26)/t14-/m0/s1. The third-order valence-corrected chi connectivity index (χ3v) is 4.95. The molecule has 8 heteroatoms. The lowest BCUT2D eigenvalue weighted by Gasteiger charge is -2.31. The molecule has 27 heavy (non-hydrogen) atoms. The molecule has 8 nitrogen and oxygen atoms in total. The van der Waals surface area contributed by atoms with Crippen molar-refractivity contribution >= 4 is 23.7 Å². The van der Waals surface area contributed by atoms with E-state index in [0.29, 0.717) is 43.3 Å². The fourth-order valence-electron chi connectivity index (χ4n) is 3.46. The number of rotatable bonds is 5. The van der Waals surface area contributed by atoms with Crippen LogP contribution in [0.2, 0.25) is 0 Å². The van der Waals surface area contributed by atoms with Gasteiger partial charge >= 0.3 is 12.1 Å². The molecule has 3 rings (SSSR count). The first-order valence-corrected chi connectivity index (χ1v) is 9.50. The Hall–Kier alpha value is -2.77. The van der Waals surface area contributed by atoms with Crippen LogP contribution in [0.3, 0.4) is 0 Å². The van der Waals surface area contributed by atoms with Crippen LogP contribution in [-0.4, -0.2) is 67.0 Å². The van der Waals surface area contributed by atoms with Gasteiger partial charge in [-0.15, -0.1) is 0 Å². The largest absolute Gasteiger partial charge is 0.338 e. The van der Waals surface area contributed by atoms with Gasteiger partial charge in [0, 0.05) is 50.5 Å². The van der Waals surface area contributed by atoms with E-state index in [-0.39, 0.29) is 18.0 Å². The highest BCUT2D eigenvalue weighted by atomic mass is 16.2. The fraction of sp³-hybridized carbons (Fsp3) is 0.526. The van der Waals surface area contributed by atoms with Crippen LogP contribution in [0.25, 0.3) is 0 Å². The number of nitrogens with one attached hydrogen (secondary N) is 3. The van der Waals surface area contributed by atoms with E-state index in [9.17, 15) is 14.4 Å². The summed E-state index contributed by atoms with van der Waals surface area (Å²) in [7, 11) is 0. The monoisotopic (exact) mass is 373 g/mol. The number of hydrogen-bond acceptors (Lipinski definition) is 3. The summed E-state index contributed by atoms with van der Waals surface area (Å²) in [5.41, 5.74) is 1.25. The molecule has 2 fully saturated rings. The Balaban J connectivity index is 1.44. The summed E-state index contributed by atoms with van der Waals surface area (Å²) in [5.74, 6) is 0.584. The van der Waals surface area contributed by atoms with Crippen LogP contribution in [-0.2, 0) is 0 Å². The summed E-state index contributed by atoms with van der Waals surface area (Å²) in [4.78, 5) is 39.5. The maximum Gasteiger partial charge on any atom is 0.319 e. The summed E-state index contributed by atoms with van der Waals surface area (Å²) in [6.07, 6.45) is 2.22. The summed E-state index contributed by atoms with van der Waals surface area (Å²) in [5, 5.41) is 8.18. The van der Waals surface area contributed by atoms with Gasteiger partial charge in [0.15, 0.2) is 0 Å². The summed E-state index contributed by atoms with van der Waals surface area (Å²) in [6, 6.07) is 6.51. The number of anilines is 1. The van der Waals surface area contributed by atoms with E-state index < -0.39 is 0 Å². The minimum atomic E-state index is -0.335. The van der Waals surface area contributed by atoms with E-state index in [1.165, 1.54) is 6.42 Å². The van der Waals surface area contributed by atoms with Gasteiger partial charge in [0.1, 0.15) is 0 Å². The van der Waals surface area contributed by atoms with Crippen LogP contribution in [0, 0.1) is 5.92 Å². The Morgan fingerprint density at radius 3 is 2.67 bits per heavy atom. The summed E-state index contributed by atoms with van der Waals surface area (Å²) in [6.45, 7) is 5.93. The quantitative estimate of drug-likeness (QED) is 0.733. The lowest BCUT2D eigenvalue weighted by atomic mass is 9.99. The van der Waals surface area contributed by atoms with Gasteiger partial charge in [0.25, 0.3) is 5.91 Å². The number of piperidine rings is 1. The molecule has 1 aromatic rings. The van der Waals surface area contributed by atoms with Crippen LogP contribution in [0.1, 0.15) is 30.1 Å². The van der Waals surface area contributed by atoms with Crippen LogP contribution in [0.5, 0.6) is 0 Å². The van der Waals surface area contributed by atoms with Gasteiger partial charge in [-0.05, 0) is 43.0 Å². The first-order valence-electron chi connectivity index (χ1n) is 9.50. The highest BCUT2D eigenvalue weighted by Crippen LogP contribution is 2.19. The Bertz CT molecular complexity index is 691. The molecular weight excluding hydrogens is 346 g/mol. The van der Waals surface area contributed by atoms with E-state index >= 15 is 0 Å². The Morgan fingerprint density at radius 1 is 1.22 bits per heavy atom. The van der Waals surface area contributed by atoms with Crippen LogP contribution in [0.15, 0.2) is 24.3 Å². The van der Waals surface area contributed by atoms with E-state index in [2.05, 4.69) is 22.9 Å². The number of benzene rings is 1. The lowest BCUT2D eigenvalue weighted by molar-refractivity contribution is 0.0683. The third-order valence-electron chi connectivity index (χ3n) is 4.95. The van der Waals surface area contributed by atoms with Crippen LogP contribution in [0.4, 0.5) is 15.3 Å². The van der Waals surface area contributed by atoms with Crippen molar-refractivity contribution in [3.05, 3.63) is 29.8 Å². The second-order valence-corrected chi connectivity index (χ2v) is 7.18. The minimum absolute atomic E-state index is 0.0430. The van der Waals surface area contributed by atoms with Gasteiger partial charge in [0.05, 0.1) is 0 Å². The average molecular weight is 373 g/mol. The number of carbonyl (C=O) groups excluding carboxylic acids is 3. The molecule has 1 atom stereocenters. The fourth-order valence-corrected chi connectivity index (χ4v) is 3.46. The average Bonchev–Trinajstić information content (AvgIpc) is 3.07. The maximum absolute atomic E-state index is 12.6. The van der Waals surface area contributed by atoms with Crippen molar-refractivity contribution in [3.8, 4) is 0 Å². The van der Waals surface area contributed by atoms with Gasteiger partial charge in [-0.2, -0.15) is 0 Å². The number of urea groups is 2. The molecule has 1 aromatic carbocycles. The van der Waals surface area contributed by atoms with Crippen molar-refractivity contribution in [2.75, 3.05) is 44.6 Å². The van der Waals surface area contributed by atoms with Gasteiger partial charge in [-0.1, -0.05) is 6.92 Å². The molecule has 0 aliphatic carbocycles. The zero-order chi connectivity index (χ0) is 19.2. The normalized spacial score (nSPS) is 19.6. The van der Waals surface area contributed by atoms with E-state index in [4.69, 9.17) is 0 Å². The van der Waals surface area contributed by atoms with Crippen molar-refractivity contribution in [1.29, 1.82) is 0 Å². The summed E-state index contributed by atoms with van der Waals surface area (Å²) < 4.78 is 0. The lowest BCUT2D eigenvalue weighted by Crippen LogP contribution is -2.39. The highest BCUT2D eigenvalue weighted by Gasteiger charge is 2.22. The zero-order valence-electron chi connectivity index (χ0n) is 15.7. The van der Waals surface area contributed by atoms with Crippen molar-refractivity contribution in [3.63, 3.8) is 0 Å². The van der Waals surface area contributed by atoms with Gasteiger partial charge in [-0.25, -0.2) is 9.59 Å². The zero-order valence-corrected chi connectivity index (χ0v) is 15.7. The third kappa shape index (κ3) is 5.12. The topological polar surface area (TPSA) is 93.8 Å². The number of nitrogens with zero attached hydrogens (tertiary/aromatic N) is 2. The second-order valence-electron chi connectivity index (χ2n) is 7.18. The molecule has 5 amide bonds. The number of amides is 5. The molecule has 0 unspecified atom stereocenters. The van der Waals surface area contributed by atoms with Gasteiger partial charge < -0.3 is 25.8 Å². The SMILES string of the molecule is C[C@H]1CCCN(C(=O)c2ccc(NC(=O)NCCN3CCNC3=O)cc2)C1. The first-order chi connectivity index (χ1) is 13.0. The molecule has 2 saturated heterocycles. The molecule has 0 aromatic heterocycles. The molecule has 0 spiro atoms. The smallest absolute Gasteiger partial charge is 0.319 e. The van der Waals surface area contributed by atoms with E-state index in [1.807, 2.05) is 4.90 Å². The number of carbonyl (C=O) groups is 3. The molecule has 0 bridgehead atoms. The Labute approximate surface area is 159 Å². The number of likely N-dealkylation sites (tertiary alicyclic amines) is 1. The molecule has 146 valence electrons. The van der Waals surface area contributed by atoms with E-state index in [1.54, 1.807) is 29.2 Å². The van der Waals surface area contributed by atoms with Crippen molar-refractivity contribution in [2.24, 2.45) is 5.92 Å². The van der Waals surface area contributed by atoms with Crippen LogP contribution < -0.4 is 16.0 Å². The Morgan fingerprint density at radius 2 is 2.00 bits per heavy atom. The highest BCUT2D eigenvalue weighted by molar-refractivity contribution is 5.95. The predicted octanol–water partition coefficient (Wildman–Crippen LogP) is 1.71. The van der Waals surface area contributed by atoms with Crippen molar-refractivity contribution in [1.82, 2.24) is 20.4 Å². The second kappa shape index (κ2) is 8.75. The molecular formula is C19H27N5O3. The van der Waals surface area contributed by atoms with E-state index in [0.717, 1.165) is 19.5 Å². The molecule has 0 radical (unpaired) electrons.